The van der Waals surface area contributed by atoms with E-state index in [4.69, 9.17) is 17.3 Å². The van der Waals surface area contributed by atoms with Crippen LogP contribution in [0.2, 0.25) is 5.02 Å². The number of anilines is 1. The minimum absolute atomic E-state index is 0.282. The lowest BCUT2D eigenvalue weighted by Gasteiger charge is -2.14. The molecule has 0 spiro atoms. The molecule has 1 aromatic rings. The van der Waals surface area contributed by atoms with E-state index in [1.54, 1.807) is 6.07 Å². The second-order valence-electron chi connectivity index (χ2n) is 3.71. The lowest BCUT2D eigenvalue weighted by molar-refractivity contribution is 0.171. The zero-order valence-corrected chi connectivity index (χ0v) is 9.62. The van der Waals surface area contributed by atoms with Gasteiger partial charge in [0, 0.05) is 24.3 Å². The number of aliphatic hydroxyl groups excluding tert-OH is 1. The number of hydrogen-bond acceptors (Lipinski definition) is 4. The number of halogens is 1. The van der Waals surface area contributed by atoms with Crippen LogP contribution in [-0.4, -0.2) is 22.7 Å². The number of rotatable bonds is 4. The molecule has 0 aromatic carbocycles. The number of nitrogens with zero attached hydrogens (tertiary/aromatic N) is 1. The molecule has 84 valence electrons. The van der Waals surface area contributed by atoms with Crippen LogP contribution < -0.4 is 11.1 Å². The fourth-order valence-corrected chi connectivity index (χ4v) is 1.29. The molecule has 1 rings (SSSR count). The first-order valence-corrected chi connectivity index (χ1v) is 5.21. The molecule has 0 bridgehead atoms. The van der Waals surface area contributed by atoms with Gasteiger partial charge in [-0.1, -0.05) is 25.4 Å². The largest absolute Gasteiger partial charge is 0.387 e. The van der Waals surface area contributed by atoms with Crippen LogP contribution in [0.3, 0.4) is 0 Å². The quantitative estimate of drug-likeness (QED) is 0.729. The Morgan fingerprint density at radius 3 is 2.80 bits per heavy atom. The Balaban J connectivity index is 2.65. The van der Waals surface area contributed by atoms with Crippen molar-refractivity contribution < 1.29 is 5.11 Å². The summed E-state index contributed by atoms with van der Waals surface area (Å²) in [5.41, 5.74) is 6.14. The highest BCUT2D eigenvalue weighted by Gasteiger charge is 2.10. The van der Waals surface area contributed by atoms with E-state index in [2.05, 4.69) is 10.3 Å². The molecule has 0 radical (unpaired) electrons. The van der Waals surface area contributed by atoms with Crippen LogP contribution >= 0.6 is 11.6 Å². The number of hydrogen-bond donors (Lipinski definition) is 3. The van der Waals surface area contributed by atoms with Crippen molar-refractivity contribution in [3.63, 3.8) is 0 Å². The maximum absolute atomic E-state index is 9.78. The summed E-state index contributed by atoms with van der Waals surface area (Å²) in [6.45, 7) is 4.50. The van der Waals surface area contributed by atoms with Gasteiger partial charge in [0.05, 0.1) is 11.1 Å². The average molecular weight is 230 g/mol. The first kappa shape index (κ1) is 12.2. The van der Waals surface area contributed by atoms with E-state index in [0.29, 0.717) is 23.2 Å². The summed E-state index contributed by atoms with van der Waals surface area (Å²) in [6.07, 6.45) is 0.923. The van der Waals surface area contributed by atoms with E-state index in [1.807, 2.05) is 13.8 Å². The molecule has 0 saturated heterocycles. The van der Waals surface area contributed by atoms with Crippen LogP contribution in [0.5, 0.6) is 0 Å². The van der Waals surface area contributed by atoms with Gasteiger partial charge in [0.25, 0.3) is 0 Å². The Morgan fingerprint density at radius 1 is 1.60 bits per heavy atom. The normalized spacial score (nSPS) is 13.1. The second kappa shape index (κ2) is 5.30. The Bertz CT molecular complexity index is 330. The van der Waals surface area contributed by atoms with Crippen molar-refractivity contribution in [2.75, 3.05) is 12.3 Å². The van der Waals surface area contributed by atoms with Crippen LogP contribution in [0.1, 0.15) is 25.5 Å². The van der Waals surface area contributed by atoms with E-state index in [9.17, 15) is 5.11 Å². The van der Waals surface area contributed by atoms with Crippen molar-refractivity contribution in [1.29, 1.82) is 0 Å². The van der Waals surface area contributed by atoms with Gasteiger partial charge in [0.15, 0.2) is 0 Å². The van der Waals surface area contributed by atoms with E-state index in [1.165, 1.54) is 6.20 Å². The molecule has 1 aromatic heterocycles. The Labute approximate surface area is 94.5 Å². The van der Waals surface area contributed by atoms with Gasteiger partial charge in [-0.25, -0.2) is 4.98 Å². The average Bonchev–Trinajstić information content (AvgIpc) is 2.18. The van der Waals surface area contributed by atoms with Gasteiger partial charge >= 0.3 is 0 Å². The summed E-state index contributed by atoms with van der Waals surface area (Å²) in [5, 5.41) is 13.3. The summed E-state index contributed by atoms with van der Waals surface area (Å²) < 4.78 is 0. The van der Waals surface area contributed by atoms with Gasteiger partial charge in [0.1, 0.15) is 5.82 Å². The predicted molar refractivity (Wildman–Crippen MR) is 61.8 cm³/mol. The fourth-order valence-electron chi connectivity index (χ4n) is 1.11. The summed E-state index contributed by atoms with van der Waals surface area (Å²) >= 11 is 5.80. The van der Waals surface area contributed by atoms with E-state index in [-0.39, 0.29) is 5.82 Å². The standard InChI is InChI=1S/C10H16ClN3O/c1-6(2)13-5-9(15)7-3-8(11)10(12)14-4-7/h3-4,6,9,13,15H,5H2,1-2H3,(H2,12,14). The molecule has 1 heterocycles. The molecule has 0 fully saturated rings. The molecule has 4 N–H and O–H groups in total. The van der Waals surface area contributed by atoms with Crippen LogP contribution in [-0.2, 0) is 0 Å². The van der Waals surface area contributed by atoms with Gasteiger partial charge in [-0.3, -0.25) is 0 Å². The summed E-state index contributed by atoms with van der Waals surface area (Å²) in [5.74, 6) is 0.282. The molecule has 0 aliphatic carbocycles. The minimum Gasteiger partial charge on any atom is -0.387 e. The van der Waals surface area contributed by atoms with E-state index >= 15 is 0 Å². The topological polar surface area (TPSA) is 71.2 Å². The van der Waals surface area contributed by atoms with Crippen molar-refractivity contribution in [3.8, 4) is 0 Å². The summed E-state index contributed by atoms with van der Waals surface area (Å²) in [6, 6.07) is 1.97. The molecule has 0 aliphatic heterocycles. The number of pyridine rings is 1. The van der Waals surface area contributed by atoms with Crippen molar-refractivity contribution in [1.82, 2.24) is 10.3 Å². The summed E-state index contributed by atoms with van der Waals surface area (Å²) in [7, 11) is 0. The van der Waals surface area contributed by atoms with Gasteiger partial charge in [-0.2, -0.15) is 0 Å². The monoisotopic (exact) mass is 229 g/mol. The third-order valence-corrected chi connectivity index (χ3v) is 2.30. The number of nitrogens with two attached hydrogens (primary N) is 1. The molecule has 4 nitrogen and oxygen atoms in total. The van der Waals surface area contributed by atoms with Gasteiger partial charge in [-0.05, 0) is 6.07 Å². The van der Waals surface area contributed by atoms with Gasteiger partial charge in [0.2, 0.25) is 0 Å². The van der Waals surface area contributed by atoms with E-state index < -0.39 is 6.10 Å². The van der Waals surface area contributed by atoms with Crippen LogP contribution in [0.25, 0.3) is 0 Å². The molecular weight excluding hydrogens is 214 g/mol. The molecule has 1 atom stereocenters. The number of aromatic nitrogens is 1. The Hall–Kier alpha value is -0.840. The number of nitrogen functional groups attached to an aromatic ring is 1. The van der Waals surface area contributed by atoms with Gasteiger partial charge in [-0.15, -0.1) is 0 Å². The first-order valence-electron chi connectivity index (χ1n) is 4.83. The SMILES string of the molecule is CC(C)NCC(O)c1cnc(N)c(Cl)c1. The zero-order valence-electron chi connectivity index (χ0n) is 8.87. The molecule has 15 heavy (non-hydrogen) atoms. The lowest BCUT2D eigenvalue weighted by Crippen LogP contribution is -2.27. The molecule has 0 aliphatic rings. The van der Waals surface area contributed by atoms with Crippen LogP contribution in [0.15, 0.2) is 12.3 Å². The van der Waals surface area contributed by atoms with Gasteiger partial charge < -0.3 is 16.2 Å². The number of nitrogens with one attached hydrogen (secondary N) is 1. The highest BCUT2D eigenvalue weighted by atomic mass is 35.5. The molecule has 5 heteroatoms. The van der Waals surface area contributed by atoms with Crippen LogP contribution in [0, 0.1) is 0 Å². The van der Waals surface area contributed by atoms with Crippen molar-refractivity contribution in [2.24, 2.45) is 0 Å². The Kier molecular flexibility index (Phi) is 4.32. The van der Waals surface area contributed by atoms with Crippen molar-refractivity contribution in [3.05, 3.63) is 22.8 Å². The van der Waals surface area contributed by atoms with Crippen molar-refractivity contribution in [2.45, 2.75) is 26.0 Å². The fraction of sp³-hybridized carbons (Fsp3) is 0.500. The third-order valence-electron chi connectivity index (χ3n) is 2.00. The summed E-state index contributed by atoms with van der Waals surface area (Å²) in [4.78, 5) is 3.88. The third kappa shape index (κ3) is 3.66. The molecular formula is C10H16ClN3O. The Morgan fingerprint density at radius 2 is 2.27 bits per heavy atom. The van der Waals surface area contributed by atoms with Crippen molar-refractivity contribution >= 4 is 17.4 Å². The highest BCUT2D eigenvalue weighted by Crippen LogP contribution is 2.20. The molecule has 1 unspecified atom stereocenters. The minimum atomic E-state index is -0.613. The lowest BCUT2D eigenvalue weighted by atomic mass is 10.1. The predicted octanol–water partition coefficient (Wildman–Crippen LogP) is 1.35. The smallest absolute Gasteiger partial charge is 0.142 e. The molecule has 0 saturated carbocycles. The maximum Gasteiger partial charge on any atom is 0.142 e. The second-order valence-corrected chi connectivity index (χ2v) is 4.12. The first-order chi connectivity index (χ1) is 7.00. The van der Waals surface area contributed by atoms with Crippen LogP contribution in [0.4, 0.5) is 5.82 Å². The highest BCUT2D eigenvalue weighted by molar-refractivity contribution is 6.32. The zero-order chi connectivity index (χ0) is 11.4. The van der Waals surface area contributed by atoms with E-state index in [0.717, 1.165) is 0 Å². The maximum atomic E-state index is 9.78. The number of aliphatic hydroxyl groups is 1. The molecule has 0 amide bonds.